The van der Waals surface area contributed by atoms with E-state index < -0.39 is 0 Å². The molecule has 0 aliphatic heterocycles. The van der Waals surface area contributed by atoms with Gasteiger partial charge in [0.1, 0.15) is 5.82 Å². The molecule has 170 valence electrons. The summed E-state index contributed by atoms with van der Waals surface area (Å²) in [6.45, 7) is 0. The number of pyridine rings is 1. The first-order chi connectivity index (χ1) is 15.5. The summed E-state index contributed by atoms with van der Waals surface area (Å²) in [4.78, 5) is 29.6. The van der Waals surface area contributed by atoms with Gasteiger partial charge in [0.05, 0.1) is 11.3 Å². The van der Waals surface area contributed by atoms with Gasteiger partial charge in [0.2, 0.25) is 5.91 Å². The fourth-order valence-corrected chi connectivity index (χ4v) is 4.75. The van der Waals surface area contributed by atoms with Crippen LogP contribution in [0.25, 0.3) is 11.3 Å². The molecule has 0 unspecified atom stereocenters. The monoisotopic (exact) mass is 438 g/mol. The summed E-state index contributed by atoms with van der Waals surface area (Å²) in [6, 6.07) is 9.84. The summed E-state index contributed by atoms with van der Waals surface area (Å²) in [5, 5.41) is 6.22. The molecule has 0 radical (unpaired) electrons. The summed E-state index contributed by atoms with van der Waals surface area (Å²) in [6.07, 6.45) is 8.78. The van der Waals surface area contributed by atoms with E-state index in [1.807, 2.05) is 0 Å². The highest BCUT2D eigenvalue weighted by Crippen LogP contribution is 2.26. The fourth-order valence-electron chi connectivity index (χ4n) is 4.75. The van der Waals surface area contributed by atoms with Gasteiger partial charge < -0.3 is 16.4 Å². The topological polar surface area (TPSA) is 97.1 Å². The average molecular weight is 439 g/mol. The number of nitrogens with zero attached hydrogens (tertiary/aromatic N) is 1. The average Bonchev–Trinajstić information content (AvgIpc) is 2.81. The van der Waals surface area contributed by atoms with Crippen LogP contribution >= 0.6 is 0 Å². The molecule has 2 atom stereocenters. The van der Waals surface area contributed by atoms with Gasteiger partial charge >= 0.3 is 0 Å². The molecule has 2 amide bonds. The maximum absolute atomic E-state index is 13.4. The van der Waals surface area contributed by atoms with Gasteiger partial charge in [-0.15, -0.1) is 0 Å². The molecule has 4 rings (SSSR count). The zero-order chi connectivity index (χ0) is 22.5. The summed E-state index contributed by atoms with van der Waals surface area (Å²) >= 11 is 0. The number of carbonyl (C=O) groups excluding carboxylic acids is 2. The quantitative estimate of drug-likeness (QED) is 0.665. The van der Waals surface area contributed by atoms with Crippen LogP contribution in [0.1, 0.15) is 61.7 Å². The standard InChI is InChI=1S/C25H31FN4O2/c26-19-5-3-4-17(14-19)22-13-10-18(15-28-22)25(32)29-20-11-8-16(9-12-20)24(31)30-23-7-2-1-6-21(23)27/h3-5,10,13-16,20-21,23H,1-2,6-9,11-12,27H2,(H,29,32)(H,30,31)/t16-,20-,21-,23+/m0/s1. The molecule has 2 fully saturated rings. The van der Waals surface area contributed by atoms with Crippen LogP contribution in [0.5, 0.6) is 0 Å². The summed E-state index contributed by atoms with van der Waals surface area (Å²) < 4.78 is 13.4. The molecule has 4 N–H and O–H groups in total. The number of carbonyl (C=O) groups is 2. The van der Waals surface area contributed by atoms with E-state index in [2.05, 4.69) is 15.6 Å². The first-order valence-corrected chi connectivity index (χ1v) is 11.6. The number of hydrogen-bond acceptors (Lipinski definition) is 4. The van der Waals surface area contributed by atoms with Crippen LogP contribution in [-0.2, 0) is 4.79 Å². The predicted molar refractivity (Wildman–Crippen MR) is 121 cm³/mol. The Labute approximate surface area is 188 Å². The third-order valence-electron chi connectivity index (χ3n) is 6.73. The molecule has 0 spiro atoms. The Bertz CT molecular complexity index is 941. The summed E-state index contributed by atoms with van der Waals surface area (Å²) in [5.41, 5.74) is 7.91. The first-order valence-electron chi connectivity index (χ1n) is 11.6. The lowest BCUT2D eigenvalue weighted by molar-refractivity contribution is -0.127. The smallest absolute Gasteiger partial charge is 0.253 e. The molecule has 0 bridgehead atoms. The fraction of sp³-hybridized carbons (Fsp3) is 0.480. The number of nitrogens with two attached hydrogens (primary N) is 1. The lowest BCUT2D eigenvalue weighted by Gasteiger charge is -2.33. The molecule has 2 aromatic rings. The summed E-state index contributed by atoms with van der Waals surface area (Å²) in [5.74, 6) is -0.403. The van der Waals surface area contributed by atoms with E-state index >= 15 is 0 Å². The van der Waals surface area contributed by atoms with Crippen molar-refractivity contribution >= 4 is 11.8 Å². The summed E-state index contributed by atoms with van der Waals surface area (Å²) in [7, 11) is 0. The van der Waals surface area contributed by atoms with Gasteiger partial charge in [0.25, 0.3) is 5.91 Å². The van der Waals surface area contributed by atoms with Crippen molar-refractivity contribution in [3.8, 4) is 11.3 Å². The van der Waals surface area contributed by atoms with Crippen molar-refractivity contribution in [1.29, 1.82) is 0 Å². The van der Waals surface area contributed by atoms with Crippen LogP contribution in [0.15, 0.2) is 42.6 Å². The van der Waals surface area contributed by atoms with E-state index in [0.717, 1.165) is 51.4 Å². The maximum atomic E-state index is 13.4. The van der Waals surface area contributed by atoms with Gasteiger partial charge in [-0.1, -0.05) is 25.0 Å². The van der Waals surface area contributed by atoms with Crippen molar-refractivity contribution < 1.29 is 14.0 Å². The van der Waals surface area contributed by atoms with Crippen LogP contribution in [0.4, 0.5) is 4.39 Å². The van der Waals surface area contributed by atoms with Crippen LogP contribution in [0, 0.1) is 11.7 Å². The molecule has 6 nitrogen and oxygen atoms in total. The number of halogens is 1. The number of nitrogens with one attached hydrogen (secondary N) is 2. The predicted octanol–water partition coefficient (Wildman–Crippen LogP) is 3.56. The molecule has 1 aromatic carbocycles. The van der Waals surface area contributed by atoms with Crippen LogP contribution in [0.2, 0.25) is 0 Å². The minimum Gasteiger partial charge on any atom is -0.352 e. The van der Waals surface area contributed by atoms with Gasteiger partial charge in [-0.2, -0.15) is 0 Å². The highest BCUT2D eigenvalue weighted by molar-refractivity contribution is 5.94. The van der Waals surface area contributed by atoms with Gasteiger partial charge in [0.15, 0.2) is 0 Å². The first kappa shape index (κ1) is 22.4. The molecule has 1 aromatic heterocycles. The Morgan fingerprint density at radius 3 is 2.44 bits per heavy atom. The number of aromatic nitrogens is 1. The largest absolute Gasteiger partial charge is 0.352 e. The minimum absolute atomic E-state index is 0.00973. The Kier molecular flexibility index (Phi) is 7.15. The third-order valence-corrected chi connectivity index (χ3v) is 6.73. The second-order valence-electron chi connectivity index (χ2n) is 9.03. The Morgan fingerprint density at radius 2 is 1.75 bits per heavy atom. The van der Waals surface area contributed by atoms with E-state index in [9.17, 15) is 14.0 Å². The Hall–Kier alpha value is -2.80. The number of benzene rings is 1. The van der Waals surface area contributed by atoms with Gasteiger partial charge in [-0.3, -0.25) is 14.6 Å². The zero-order valence-corrected chi connectivity index (χ0v) is 18.2. The molecular weight excluding hydrogens is 407 g/mol. The minimum atomic E-state index is -0.322. The Balaban J connectivity index is 1.26. The van der Waals surface area contributed by atoms with Crippen LogP contribution < -0.4 is 16.4 Å². The van der Waals surface area contributed by atoms with Gasteiger partial charge in [-0.25, -0.2) is 4.39 Å². The van der Waals surface area contributed by atoms with E-state index in [1.165, 1.54) is 18.3 Å². The third kappa shape index (κ3) is 5.51. The number of amides is 2. The molecule has 2 aliphatic rings. The Morgan fingerprint density at radius 1 is 0.969 bits per heavy atom. The lowest BCUT2D eigenvalue weighted by Crippen LogP contribution is -2.51. The SMILES string of the molecule is N[C@H]1CCCC[C@H]1NC(=O)[C@H]1CC[C@H](NC(=O)c2ccc(-c3cccc(F)c3)nc2)CC1. The maximum Gasteiger partial charge on any atom is 0.253 e. The zero-order valence-electron chi connectivity index (χ0n) is 18.2. The van der Waals surface area contributed by atoms with E-state index in [0.29, 0.717) is 16.8 Å². The molecule has 2 saturated carbocycles. The van der Waals surface area contributed by atoms with Crippen molar-refractivity contribution in [3.63, 3.8) is 0 Å². The van der Waals surface area contributed by atoms with Gasteiger partial charge in [0, 0.05) is 35.8 Å². The number of rotatable bonds is 5. The van der Waals surface area contributed by atoms with Crippen molar-refractivity contribution in [1.82, 2.24) is 15.6 Å². The van der Waals surface area contributed by atoms with Crippen molar-refractivity contribution in [2.45, 2.75) is 69.5 Å². The van der Waals surface area contributed by atoms with Crippen LogP contribution in [0.3, 0.4) is 0 Å². The second kappa shape index (κ2) is 10.2. The molecule has 7 heteroatoms. The highest BCUT2D eigenvalue weighted by Gasteiger charge is 2.30. The molecule has 1 heterocycles. The van der Waals surface area contributed by atoms with E-state index in [1.54, 1.807) is 24.3 Å². The number of hydrogen-bond donors (Lipinski definition) is 3. The van der Waals surface area contributed by atoms with Crippen LogP contribution in [-0.4, -0.2) is 34.9 Å². The van der Waals surface area contributed by atoms with Crippen molar-refractivity contribution in [2.24, 2.45) is 11.7 Å². The molecule has 32 heavy (non-hydrogen) atoms. The second-order valence-corrected chi connectivity index (χ2v) is 9.03. The normalized spacial score (nSPS) is 25.7. The highest BCUT2D eigenvalue weighted by atomic mass is 19.1. The van der Waals surface area contributed by atoms with Crippen molar-refractivity contribution in [2.75, 3.05) is 0 Å². The molecule has 0 saturated heterocycles. The van der Waals surface area contributed by atoms with Gasteiger partial charge in [-0.05, 0) is 62.8 Å². The van der Waals surface area contributed by atoms with Crippen molar-refractivity contribution in [3.05, 3.63) is 54.0 Å². The molecule has 2 aliphatic carbocycles. The molecular formula is C25H31FN4O2. The van der Waals surface area contributed by atoms with E-state index in [-0.39, 0.29) is 41.7 Å². The lowest BCUT2D eigenvalue weighted by atomic mass is 9.84. The van der Waals surface area contributed by atoms with E-state index in [4.69, 9.17) is 5.73 Å².